The predicted octanol–water partition coefficient (Wildman–Crippen LogP) is 3.21. The molecule has 0 aliphatic carbocycles. The zero-order chi connectivity index (χ0) is 13.1. The van der Waals surface area contributed by atoms with Gasteiger partial charge in [0.2, 0.25) is 0 Å². The minimum atomic E-state index is -0.461. The van der Waals surface area contributed by atoms with Gasteiger partial charge in [-0.1, -0.05) is 37.3 Å². The highest BCUT2D eigenvalue weighted by Crippen LogP contribution is 2.44. The van der Waals surface area contributed by atoms with Crippen LogP contribution in [0.3, 0.4) is 0 Å². The standard InChI is InChI=1S/C13H14N2OS2/c1-2-17-11-9(14)12(13(15)16)18-10(11)8-6-4-3-5-7-8/h3-7H,2,14H2,1H3,(H2,15,16). The molecule has 2 rings (SSSR count). The van der Waals surface area contributed by atoms with Crippen molar-refractivity contribution in [1.82, 2.24) is 0 Å². The molecule has 0 saturated heterocycles. The van der Waals surface area contributed by atoms with Crippen LogP contribution in [-0.2, 0) is 0 Å². The highest BCUT2D eigenvalue weighted by molar-refractivity contribution is 7.99. The van der Waals surface area contributed by atoms with E-state index in [1.165, 1.54) is 11.3 Å². The van der Waals surface area contributed by atoms with Crippen molar-refractivity contribution in [3.63, 3.8) is 0 Å². The van der Waals surface area contributed by atoms with Gasteiger partial charge in [-0.2, -0.15) is 0 Å². The monoisotopic (exact) mass is 278 g/mol. The minimum absolute atomic E-state index is 0.449. The number of hydrogen-bond donors (Lipinski definition) is 2. The van der Waals surface area contributed by atoms with Gasteiger partial charge in [0.1, 0.15) is 4.88 Å². The Morgan fingerprint density at radius 3 is 2.56 bits per heavy atom. The van der Waals surface area contributed by atoms with E-state index in [0.717, 1.165) is 21.1 Å². The van der Waals surface area contributed by atoms with Gasteiger partial charge in [0.05, 0.1) is 10.6 Å². The Kier molecular flexibility index (Phi) is 3.93. The first-order valence-corrected chi connectivity index (χ1v) is 7.35. The molecular weight excluding hydrogens is 264 g/mol. The van der Waals surface area contributed by atoms with Gasteiger partial charge in [0, 0.05) is 4.90 Å². The molecule has 2 aromatic rings. The number of nitrogen functional groups attached to an aromatic ring is 1. The lowest BCUT2D eigenvalue weighted by molar-refractivity contribution is 0.100. The van der Waals surface area contributed by atoms with Crippen molar-refractivity contribution in [2.24, 2.45) is 5.73 Å². The topological polar surface area (TPSA) is 69.1 Å². The summed E-state index contributed by atoms with van der Waals surface area (Å²) in [5.74, 6) is 0.441. The molecule has 3 nitrogen and oxygen atoms in total. The molecule has 0 aliphatic rings. The van der Waals surface area contributed by atoms with E-state index in [1.54, 1.807) is 11.8 Å². The third kappa shape index (κ3) is 2.37. The minimum Gasteiger partial charge on any atom is -0.396 e. The molecule has 4 N–H and O–H groups in total. The largest absolute Gasteiger partial charge is 0.396 e. The molecule has 0 spiro atoms. The number of carbonyl (C=O) groups is 1. The molecule has 0 atom stereocenters. The molecule has 18 heavy (non-hydrogen) atoms. The van der Waals surface area contributed by atoms with Gasteiger partial charge in [-0.25, -0.2) is 0 Å². The third-order valence-electron chi connectivity index (χ3n) is 2.45. The average Bonchev–Trinajstić information content (AvgIpc) is 2.69. The second-order valence-electron chi connectivity index (χ2n) is 3.67. The molecule has 0 unspecified atom stereocenters. The van der Waals surface area contributed by atoms with Gasteiger partial charge in [-0.3, -0.25) is 4.79 Å². The zero-order valence-corrected chi connectivity index (χ0v) is 11.6. The van der Waals surface area contributed by atoms with Crippen LogP contribution in [0.25, 0.3) is 10.4 Å². The van der Waals surface area contributed by atoms with Crippen molar-refractivity contribution >= 4 is 34.7 Å². The summed E-state index contributed by atoms with van der Waals surface area (Å²) < 4.78 is 0. The Balaban J connectivity index is 2.59. The van der Waals surface area contributed by atoms with Gasteiger partial charge in [0.15, 0.2) is 0 Å². The fourth-order valence-electron chi connectivity index (χ4n) is 1.68. The number of carbonyl (C=O) groups excluding carboxylic acids is 1. The average molecular weight is 278 g/mol. The van der Waals surface area contributed by atoms with Gasteiger partial charge in [0.25, 0.3) is 5.91 Å². The fourth-order valence-corrected chi connectivity index (χ4v) is 3.81. The van der Waals surface area contributed by atoms with Crippen LogP contribution in [0.1, 0.15) is 16.6 Å². The van der Waals surface area contributed by atoms with Crippen LogP contribution in [0.2, 0.25) is 0 Å². The molecule has 1 aromatic carbocycles. The Labute approximate surface area is 114 Å². The quantitative estimate of drug-likeness (QED) is 0.844. The van der Waals surface area contributed by atoms with Crippen molar-refractivity contribution < 1.29 is 4.79 Å². The van der Waals surface area contributed by atoms with Gasteiger partial charge >= 0.3 is 0 Å². The van der Waals surface area contributed by atoms with Crippen molar-refractivity contribution in [1.29, 1.82) is 0 Å². The normalized spacial score (nSPS) is 10.5. The van der Waals surface area contributed by atoms with E-state index in [4.69, 9.17) is 11.5 Å². The lowest BCUT2D eigenvalue weighted by Crippen LogP contribution is -2.10. The smallest absolute Gasteiger partial charge is 0.260 e. The summed E-state index contributed by atoms with van der Waals surface area (Å²) in [5, 5.41) is 0. The second-order valence-corrected chi connectivity index (χ2v) is 5.96. The van der Waals surface area contributed by atoms with Crippen LogP contribution in [0.15, 0.2) is 35.2 Å². The molecule has 0 bridgehead atoms. The van der Waals surface area contributed by atoms with Crippen LogP contribution >= 0.6 is 23.1 Å². The number of thiophene rings is 1. The number of rotatable bonds is 4. The summed E-state index contributed by atoms with van der Waals surface area (Å²) in [5.41, 5.74) is 12.9. The van der Waals surface area contributed by atoms with Gasteiger partial charge in [-0.05, 0) is 11.3 Å². The Bertz CT molecular complexity index is 564. The third-order valence-corrected chi connectivity index (χ3v) is 4.85. The molecule has 1 amide bonds. The van der Waals surface area contributed by atoms with E-state index >= 15 is 0 Å². The molecule has 0 radical (unpaired) electrons. The number of primary amides is 1. The summed E-state index contributed by atoms with van der Waals surface area (Å²) in [4.78, 5) is 13.8. The maximum Gasteiger partial charge on any atom is 0.260 e. The number of amides is 1. The van der Waals surface area contributed by atoms with E-state index in [0.29, 0.717) is 10.6 Å². The molecule has 1 heterocycles. The SMILES string of the molecule is CCSc1c(-c2ccccc2)sc(C(N)=O)c1N. The van der Waals surface area contributed by atoms with Crippen molar-refractivity contribution in [2.45, 2.75) is 11.8 Å². The molecule has 5 heteroatoms. The van der Waals surface area contributed by atoms with E-state index in [-0.39, 0.29) is 0 Å². The first-order chi connectivity index (χ1) is 8.65. The Morgan fingerprint density at radius 1 is 1.33 bits per heavy atom. The highest BCUT2D eigenvalue weighted by Gasteiger charge is 2.20. The Morgan fingerprint density at radius 2 is 2.00 bits per heavy atom. The van der Waals surface area contributed by atoms with Crippen LogP contribution < -0.4 is 11.5 Å². The van der Waals surface area contributed by atoms with Crippen molar-refractivity contribution in [2.75, 3.05) is 11.5 Å². The summed E-state index contributed by atoms with van der Waals surface area (Å²) in [7, 11) is 0. The number of thioether (sulfide) groups is 1. The molecule has 1 aromatic heterocycles. The Hall–Kier alpha value is -1.46. The summed E-state index contributed by atoms with van der Waals surface area (Å²) >= 11 is 3.01. The van der Waals surface area contributed by atoms with Gasteiger partial charge in [-0.15, -0.1) is 23.1 Å². The number of hydrogen-bond acceptors (Lipinski definition) is 4. The lowest BCUT2D eigenvalue weighted by Gasteiger charge is -2.03. The van der Waals surface area contributed by atoms with Crippen LogP contribution in [0.4, 0.5) is 5.69 Å². The molecule has 0 fully saturated rings. The molecular formula is C13H14N2OS2. The first kappa shape index (κ1) is 13.0. The zero-order valence-electron chi connectivity index (χ0n) is 9.97. The highest BCUT2D eigenvalue weighted by atomic mass is 32.2. The lowest BCUT2D eigenvalue weighted by atomic mass is 10.2. The summed E-state index contributed by atoms with van der Waals surface area (Å²) in [6.07, 6.45) is 0. The molecule has 0 saturated carbocycles. The van der Waals surface area contributed by atoms with E-state index in [9.17, 15) is 4.79 Å². The number of nitrogens with two attached hydrogens (primary N) is 2. The van der Waals surface area contributed by atoms with E-state index in [2.05, 4.69) is 6.92 Å². The molecule has 94 valence electrons. The van der Waals surface area contributed by atoms with Crippen LogP contribution in [0, 0.1) is 0 Å². The summed E-state index contributed by atoms with van der Waals surface area (Å²) in [6, 6.07) is 9.92. The maximum absolute atomic E-state index is 11.4. The van der Waals surface area contributed by atoms with E-state index in [1.807, 2.05) is 30.3 Å². The van der Waals surface area contributed by atoms with Gasteiger partial charge < -0.3 is 11.5 Å². The van der Waals surface area contributed by atoms with Crippen LogP contribution in [0.5, 0.6) is 0 Å². The maximum atomic E-state index is 11.4. The number of benzene rings is 1. The predicted molar refractivity (Wildman–Crippen MR) is 79.1 cm³/mol. The van der Waals surface area contributed by atoms with Crippen molar-refractivity contribution in [3.05, 3.63) is 35.2 Å². The summed E-state index contributed by atoms with van der Waals surface area (Å²) in [6.45, 7) is 2.06. The fraction of sp³-hybridized carbons (Fsp3) is 0.154. The second kappa shape index (κ2) is 5.46. The first-order valence-electron chi connectivity index (χ1n) is 5.55. The molecule has 0 aliphatic heterocycles. The number of anilines is 1. The van der Waals surface area contributed by atoms with E-state index < -0.39 is 5.91 Å². The van der Waals surface area contributed by atoms with Crippen LogP contribution in [-0.4, -0.2) is 11.7 Å². The van der Waals surface area contributed by atoms with Crippen molar-refractivity contribution in [3.8, 4) is 10.4 Å².